The number of hydrogen-bond donors (Lipinski definition) is 1. The minimum absolute atomic E-state index is 0.147. The van der Waals surface area contributed by atoms with Crippen LogP contribution in [-0.4, -0.2) is 25.1 Å². The number of hydrogen-bond acceptors (Lipinski definition) is 5. The van der Waals surface area contributed by atoms with Crippen molar-refractivity contribution in [1.29, 1.82) is 0 Å². The molecular formula is C20H25F3N2O3S2. The number of carbonyl (C=O) groups is 1. The number of thiazole rings is 1. The molecular weight excluding hydrogens is 437 g/mol. The number of carbonyl (C=O) groups excluding carboxylic acids is 1. The predicted molar refractivity (Wildman–Crippen MR) is 111 cm³/mol. The monoisotopic (exact) mass is 462 g/mol. The second-order valence-electron chi connectivity index (χ2n) is 8.80. The molecule has 166 valence electrons. The number of nitrogens with one attached hydrogen (secondary N) is 1. The summed E-state index contributed by atoms with van der Waals surface area (Å²) in [6.07, 6.45) is -4.56. The highest BCUT2D eigenvalue weighted by molar-refractivity contribution is 7.91. The van der Waals surface area contributed by atoms with E-state index in [9.17, 15) is 26.4 Å². The van der Waals surface area contributed by atoms with Crippen LogP contribution in [0.5, 0.6) is 0 Å². The van der Waals surface area contributed by atoms with Crippen molar-refractivity contribution in [3.8, 4) is 0 Å². The zero-order chi connectivity index (χ0) is 23.1. The SMILES string of the molecule is Cc1nc(NC(=O)C(C)(C)CS(=O)(=O)c2ccc(C(F)(F)F)cc2)sc1C(C)(C)C. The molecule has 0 aliphatic rings. The van der Waals surface area contributed by atoms with Gasteiger partial charge in [-0.1, -0.05) is 34.6 Å². The molecule has 0 atom stereocenters. The molecule has 1 heterocycles. The maximum Gasteiger partial charge on any atom is 0.416 e. The lowest BCUT2D eigenvalue weighted by Gasteiger charge is -2.23. The van der Waals surface area contributed by atoms with Crippen LogP contribution in [0, 0.1) is 12.3 Å². The fraction of sp³-hybridized carbons (Fsp3) is 0.500. The van der Waals surface area contributed by atoms with Crippen molar-refractivity contribution in [2.75, 3.05) is 11.1 Å². The third-order valence-electron chi connectivity index (χ3n) is 4.40. The fourth-order valence-corrected chi connectivity index (χ4v) is 5.71. The first kappa shape index (κ1) is 24.3. The van der Waals surface area contributed by atoms with Gasteiger partial charge in [-0.3, -0.25) is 4.79 Å². The number of alkyl halides is 3. The Labute approximate surface area is 178 Å². The molecule has 5 nitrogen and oxygen atoms in total. The number of aromatic nitrogens is 1. The topological polar surface area (TPSA) is 76.1 Å². The van der Waals surface area contributed by atoms with Crippen LogP contribution < -0.4 is 5.32 Å². The fourth-order valence-electron chi connectivity index (χ4n) is 2.89. The molecule has 0 fully saturated rings. The van der Waals surface area contributed by atoms with Crippen LogP contribution in [0.2, 0.25) is 0 Å². The molecule has 1 N–H and O–H groups in total. The van der Waals surface area contributed by atoms with Gasteiger partial charge in [0.25, 0.3) is 0 Å². The highest BCUT2D eigenvalue weighted by atomic mass is 32.2. The molecule has 2 rings (SSSR count). The Balaban J connectivity index is 2.19. The van der Waals surface area contributed by atoms with Crippen LogP contribution in [0.4, 0.5) is 18.3 Å². The molecule has 0 saturated carbocycles. The van der Waals surface area contributed by atoms with Gasteiger partial charge in [-0.25, -0.2) is 13.4 Å². The highest BCUT2D eigenvalue weighted by Crippen LogP contribution is 2.35. The van der Waals surface area contributed by atoms with Gasteiger partial charge < -0.3 is 5.32 Å². The largest absolute Gasteiger partial charge is 0.416 e. The van der Waals surface area contributed by atoms with Crippen molar-refractivity contribution in [1.82, 2.24) is 4.98 Å². The molecule has 10 heteroatoms. The van der Waals surface area contributed by atoms with Gasteiger partial charge in [0.15, 0.2) is 15.0 Å². The standard InChI is InChI=1S/C20H25F3N2O3S2/c1-12-15(18(2,3)4)29-17(24-12)25-16(26)19(5,6)11-30(27,28)14-9-7-13(8-10-14)20(21,22)23/h7-10H,11H2,1-6H3,(H,24,25,26). The summed E-state index contributed by atoms with van der Waals surface area (Å²) < 4.78 is 63.5. The van der Waals surface area contributed by atoms with Crippen molar-refractivity contribution >= 4 is 32.2 Å². The maximum atomic E-state index is 12.7. The van der Waals surface area contributed by atoms with E-state index in [2.05, 4.69) is 10.3 Å². The molecule has 1 amide bonds. The second-order valence-corrected chi connectivity index (χ2v) is 11.8. The van der Waals surface area contributed by atoms with Crippen molar-refractivity contribution in [2.24, 2.45) is 5.41 Å². The molecule has 0 aliphatic heterocycles. The van der Waals surface area contributed by atoms with E-state index in [-0.39, 0.29) is 10.3 Å². The number of sulfone groups is 1. The molecule has 1 aromatic carbocycles. The van der Waals surface area contributed by atoms with E-state index < -0.39 is 38.7 Å². The van der Waals surface area contributed by atoms with Gasteiger partial charge in [-0.2, -0.15) is 13.2 Å². The van der Waals surface area contributed by atoms with E-state index >= 15 is 0 Å². The van der Waals surface area contributed by atoms with Crippen LogP contribution >= 0.6 is 11.3 Å². The first-order valence-corrected chi connectivity index (χ1v) is 11.6. The van der Waals surface area contributed by atoms with Gasteiger partial charge in [0.05, 0.1) is 27.3 Å². The molecule has 0 bridgehead atoms. The van der Waals surface area contributed by atoms with Gasteiger partial charge in [0.2, 0.25) is 5.91 Å². The molecule has 0 saturated heterocycles. The van der Waals surface area contributed by atoms with Crippen molar-refractivity contribution in [3.05, 3.63) is 40.4 Å². The lowest BCUT2D eigenvalue weighted by molar-refractivity contribution is -0.137. The Bertz CT molecular complexity index is 1030. The minimum atomic E-state index is -4.56. The summed E-state index contributed by atoms with van der Waals surface area (Å²) in [5.41, 5.74) is -1.62. The van der Waals surface area contributed by atoms with E-state index in [0.717, 1.165) is 22.7 Å². The summed E-state index contributed by atoms with van der Waals surface area (Å²) >= 11 is 1.33. The highest BCUT2D eigenvalue weighted by Gasteiger charge is 2.36. The Morgan fingerprint density at radius 1 is 1.07 bits per heavy atom. The first-order valence-electron chi connectivity index (χ1n) is 9.13. The Morgan fingerprint density at radius 2 is 1.60 bits per heavy atom. The smallest absolute Gasteiger partial charge is 0.301 e. The molecule has 0 radical (unpaired) electrons. The average molecular weight is 463 g/mol. The number of aryl methyl sites for hydroxylation is 1. The lowest BCUT2D eigenvalue weighted by Crippen LogP contribution is -2.37. The van der Waals surface area contributed by atoms with E-state index in [1.54, 1.807) is 0 Å². The number of anilines is 1. The third kappa shape index (κ3) is 5.60. The van der Waals surface area contributed by atoms with Crippen LogP contribution in [0.15, 0.2) is 29.2 Å². The first-order chi connectivity index (χ1) is 13.4. The summed E-state index contributed by atoms with van der Waals surface area (Å²) in [6, 6.07) is 3.25. The molecule has 0 aliphatic carbocycles. The Kier molecular flexibility index (Phi) is 6.45. The zero-order valence-electron chi connectivity index (χ0n) is 17.6. The lowest BCUT2D eigenvalue weighted by atomic mass is 9.93. The summed E-state index contributed by atoms with van der Waals surface area (Å²) in [5, 5.41) is 3.05. The molecule has 30 heavy (non-hydrogen) atoms. The summed E-state index contributed by atoms with van der Waals surface area (Å²) in [4.78, 5) is 17.8. The number of rotatable bonds is 5. The summed E-state index contributed by atoms with van der Waals surface area (Å²) in [6.45, 7) is 10.9. The summed E-state index contributed by atoms with van der Waals surface area (Å²) in [5.74, 6) is -1.10. The second kappa shape index (κ2) is 7.96. The molecule has 2 aromatic rings. The van der Waals surface area contributed by atoms with Crippen LogP contribution in [0.25, 0.3) is 0 Å². The van der Waals surface area contributed by atoms with E-state index in [1.165, 1.54) is 25.2 Å². The third-order valence-corrected chi connectivity index (χ3v) is 8.00. The molecule has 1 aromatic heterocycles. The number of amides is 1. The number of benzene rings is 1. The van der Waals surface area contributed by atoms with Crippen molar-refractivity contribution in [3.63, 3.8) is 0 Å². The van der Waals surface area contributed by atoms with E-state index in [0.29, 0.717) is 17.3 Å². The van der Waals surface area contributed by atoms with Crippen molar-refractivity contribution in [2.45, 2.75) is 58.0 Å². The van der Waals surface area contributed by atoms with Crippen molar-refractivity contribution < 1.29 is 26.4 Å². The van der Waals surface area contributed by atoms with Gasteiger partial charge in [0, 0.05) is 4.88 Å². The summed E-state index contributed by atoms with van der Waals surface area (Å²) in [7, 11) is -3.99. The average Bonchev–Trinajstić information content (AvgIpc) is 2.94. The number of nitrogens with zero attached hydrogens (tertiary/aromatic N) is 1. The minimum Gasteiger partial charge on any atom is -0.301 e. The van der Waals surface area contributed by atoms with Crippen LogP contribution in [0.1, 0.15) is 50.8 Å². The van der Waals surface area contributed by atoms with E-state index in [1.807, 2.05) is 27.7 Å². The van der Waals surface area contributed by atoms with Gasteiger partial charge in [0.1, 0.15) is 0 Å². The predicted octanol–water partition coefficient (Wildman–Crippen LogP) is 5.21. The van der Waals surface area contributed by atoms with Gasteiger partial charge in [-0.15, -0.1) is 11.3 Å². The van der Waals surface area contributed by atoms with Gasteiger partial charge in [-0.05, 0) is 36.6 Å². The Hall–Kier alpha value is -1.94. The van der Waals surface area contributed by atoms with Crippen LogP contribution in [-0.2, 0) is 26.2 Å². The molecule has 0 unspecified atom stereocenters. The molecule has 0 spiro atoms. The van der Waals surface area contributed by atoms with Crippen LogP contribution in [0.3, 0.4) is 0 Å². The normalized spacial score (nSPS) is 13.4. The van der Waals surface area contributed by atoms with E-state index in [4.69, 9.17) is 0 Å². The number of halogens is 3. The quantitative estimate of drug-likeness (QED) is 0.662. The maximum absolute atomic E-state index is 12.7. The Morgan fingerprint density at radius 3 is 2.03 bits per heavy atom. The zero-order valence-corrected chi connectivity index (χ0v) is 19.3. The van der Waals surface area contributed by atoms with Gasteiger partial charge >= 0.3 is 6.18 Å².